The highest BCUT2D eigenvalue weighted by Crippen LogP contribution is 2.13. The van der Waals surface area contributed by atoms with E-state index in [0.29, 0.717) is 42.3 Å². The molecule has 0 saturated carbocycles. The zero-order valence-electron chi connectivity index (χ0n) is 14.8. The first-order chi connectivity index (χ1) is 13.0. The maximum absolute atomic E-state index is 12.9. The van der Waals surface area contributed by atoms with Crippen LogP contribution in [0.5, 0.6) is 0 Å². The lowest BCUT2D eigenvalue weighted by molar-refractivity contribution is -0.116. The second kappa shape index (κ2) is 8.97. The molecule has 1 aliphatic heterocycles. The largest absolute Gasteiger partial charge is 0.336 e. The van der Waals surface area contributed by atoms with E-state index in [1.807, 2.05) is 4.90 Å². The summed E-state index contributed by atoms with van der Waals surface area (Å²) < 4.78 is 12.9. The van der Waals surface area contributed by atoms with Crippen LogP contribution in [0.15, 0.2) is 48.5 Å². The Morgan fingerprint density at radius 3 is 2.22 bits per heavy atom. The van der Waals surface area contributed by atoms with Crippen molar-refractivity contribution in [1.82, 2.24) is 9.80 Å². The van der Waals surface area contributed by atoms with Crippen LogP contribution in [0.1, 0.15) is 16.8 Å². The van der Waals surface area contributed by atoms with Crippen LogP contribution in [0.2, 0.25) is 5.02 Å². The molecule has 0 bridgehead atoms. The molecule has 2 aromatic rings. The first-order valence-corrected chi connectivity index (χ1v) is 9.22. The van der Waals surface area contributed by atoms with Gasteiger partial charge in [0.1, 0.15) is 5.82 Å². The lowest BCUT2D eigenvalue weighted by atomic mass is 10.2. The SMILES string of the molecule is O=C(CCN1CCN(C(=O)c2ccc(Cl)cc2)CC1)Nc1ccc(F)cc1. The van der Waals surface area contributed by atoms with Gasteiger partial charge < -0.3 is 10.2 Å². The van der Waals surface area contributed by atoms with E-state index >= 15 is 0 Å². The Morgan fingerprint density at radius 1 is 0.963 bits per heavy atom. The second-order valence-electron chi connectivity index (χ2n) is 6.45. The molecule has 0 aliphatic carbocycles. The number of hydrogen-bond donors (Lipinski definition) is 1. The molecule has 0 atom stereocenters. The van der Waals surface area contributed by atoms with Crippen molar-refractivity contribution in [3.63, 3.8) is 0 Å². The van der Waals surface area contributed by atoms with Gasteiger partial charge in [0, 0.05) is 55.4 Å². The zero-order chi connectivity index (χ0) is 19.2. The Balaban J connectivity index is 1.41. The van der Waals surface area contributed by atoms with Gasteiger partial charge in [-0.3, -0.25) is 14.5 Å². The maximum atomic E-state index is 12.9. The Labute approximate surface area is 162 Å². The number of rotatable bonds is 5. The number of carbonyl (C=O) groups excluding carboxylic acids is 2. The standard InChI is InChI=1S/C20H21ClFN3O2/c21-16-3-1-15(2-4-16)20(27)25-13-11-24(12-14-25)10-9-19(26)23-18-7-5-17(22)6-8-18/h1-8H,9-14H2,(H,23,26). The van der Waals surface area contributed by atoms with E-state index in [2.05, 4.69) is 10.2 Å². The summed E-state index contributed by atoms with van der Waals surface area (Å²) in [4.78, 5) is 28.5. The second-order valence-corrected chi connectivity index (χ2v) is 6.88. The molecule has 0 spiro atoms. The van der Waals surface area contributed by atoms with Crippen molar-refractivity contribution in [3.8, 4) is 0 Å². The fraction of sp³-hybridized carbons (Fsp3) is 0.300. The lowest BCUT2D eigenvalue weighted by Gasteiger charge is -2.34. The predicted octanol–water partition coefficient (Wildman–Crippen LogP) is 3.27. The van der Waals surface area contributed by atoms with Gasteiger partial charge in [-0.25, -0.2) is 4.39 Å². The summed E-state index contributed by atoms with van der Waals surface area (Å²) in [6.07, 6.45) is 0.350. The first kappa shape index (κ1) is 19.3. The minimum absolute atomic E-state index is 0.000342. The summed E-state index contributed by atoms with van der Waals surface area (Å²) in [5, 5.41) is 3.36. The lowest BCUT2D eigenvalue weighted by Crippen LogP contribution is -2.49. The van der Waals surface area contributed by atoms with Gasteiger partial charge in [-0.2, -0.15) is 0 Å². The molecule has 2 aromatic carbocycles. The third-order valence-electron chi connectivity index (χ3n) is 4.53. The minimum Gasteiger partial charge on any atom is -0.336 e. The van der Waals surface area contributed by atoms with Crippen LogP contribution in [0.4, 0.5) is 10.1 Å². The zero-order valence-corrected chi connectivity index (χ0v) is 15.6. The molecule has 1 aliphatic rings. The van der Waals surface area contributed by atoms with E-state index in [9.17, 15) is 14.0 Å². The maximum Gasteiger partial charge on any atom is 0.253 e. The van der Waals surface area contributed by atoms with Gasteiger partial charge >= 0.3 is 0 Å². The molecule has 5 nitrogen and oxygen atoms in total. The number of halogens is 2. The van der Waals surface area contributed by atoms with E-state index < -0.39 is 0 Å². The molecule has 142 valence electrons. The summed E-state index contributed by atoms with van der Waals surface area (Å²) in [5.41, 5.74) is 1.21. The topological polar surface area (TPSA) is 52.7 Å². The molecular formula is C20H21ClFN3O2. The molecule has 0 unspecified atom stereocenters. The van der Waals surface area contributed by atoms with Crippen LogP contribution >= 0.6 is 11.6 Å². The molecule has 2 amide bonds. The molecule has 1 fully saturated rings. The predicted molar refractivity (Wildman–Crippen MR) is 103 cm³/mol. The summed E-state index contributed by atoms with van der Waals surface area (Å²) in [6, 6.07) is 12.6. The third-order valence-corrected chi connectivity index (χ3v) is 4.79. The van der Waals surface area contributed by atoms with Crippen LogP contribution in [-0.2, 0) is 4.79 Å². The number of nitrogens with zero attached hydrogens (tertiary/aromatic N) is 2. The van der Waals surface area contributed by atoms with Crippen molar-refractivity contribution in [2.24, 2.45) is 0 Å². The van der Waals surface area contributed by atoms with Crippen LogP contribution in [-0.4, -0.2) is 54.3 Å². The van der Waals surface area contributed by atoms with E-state index in [0.717, 1.165) is 13.1 Å². The number of piperazine rings is 1. The number of nitrogens with one attached hydrogen (secondary N) is 1. The summed E-state index contributed by atoms with van der Waals surface area (Å²) >= 11 is 5.86. The van der Waals surface area contributed by atoms with E-state index in [1.54, 1.807) is 24.3 Å². The van der Waals surface area contributed by atoms with Crippen LogP contribution in [0, 0.1) is 5.82 Å². The van der Waals surface area contributed by atoms with Crippen LogP contribution < -0.4 is 5.32 Å². The first-order valence-electron chi connectivity index (χ1n) is 8.84. The summed E-state index contributed by atoms with van der Waals surface area (Å²) in [6.45, 7) is 3.32. The van der Waals surface area contributed by atoms with Gasteiger partial charge in [0.2, 0.25) is 5.91 Å². The Morgan fingerprint density at radius 2 is 1.59 bits per heavy atom. The Bertz CT molecular complexity index is 788. The third kappa shape index (κ3) is 5.52. The van der Waals surface area contributed by atoms with Crippen molar-refractivity contribution in [1.29, 1.82) is 0 Å². The molecular weight excluding hydrogens is 369 g/mol. The molecule has 0 aromatic heterocycles. The average Bonchev–Trinajstić information content (AvgIpc) is 2.69. The number of hydrogen-bond acceptors (Lipinski definition) is 3. The summed E-state index contributed by atoms with van der Waals surface area (Å²) in [5.74, 6) is -0.444. The van der Waals surface area contributed by atoms with Crippen molar-refractivity contribution in [3.05, 3.63) is 64.9 Å². The highest BCUT2D eigenvalue weighted by atomic mass is 35.5. The van der Waals surface area contributed by atoms with Gasteiger partial charge in [0.05, 0.1) is 0 Å². The van der Waals surface area contributed by atoms with Gasteiger partial charge in [0.15, 0.2) is 0 Å². The number of benzene rings is 2. The van der Waals surface area contributed by atoms with E-state index in [1.165, 1.54) is 24.3 Å². The van der Waals surface area contributed by atoms with Crippen molar-refractivity contribution in [2.75, 3.05) is 38.0 Å². The molecule has 27 heavy (non-hydrogen) atoms. The van der Waals surface area contributed by atoms with Crippen molar-refractivity contribution < 1.29 is 14.0 Å². The van der Waals surface area contributed by atoms with Crippen molar-refractivity contribution in [2.45, 2.75) is 6.42 Å². The molecule has 0 radical (unpaired) electrons. The minimum atomic E-state index is -0.334. The molecule has 1 saturated heterocycles. The normalized spacial score (nSPS) is 14.8. The van der Waals surface area contributed by atoms with Gasteiger partial charge in [-0.15, -0.1) is 0 Å². The fourth-order valence-electron chi connectivity index (χ4n) is 2.97. The highest BCUT2D eigenvalue weighted by Gasteiger charge is 2.22. The van der Waals surface area contributed by atoms with Crippen LogP contribution in [0.3, 0.4) is 0 Å². The molecule has 1 N–H and O–H groups in total. The van der Waals surface area contributed by atoms with E-state index in [-0.39, 0.29) is 17.6 Å². The van der Waals surface area contributed by atoms with Gasteiger partial charge in [0.25, 0.3) is 5.91 Å². The smallest absolute Gasteiger partial charge is 0.253 e. The van der Waals surface area contributed by atoms with Gasteiger partial charge in [-0.1, -0.05) is 11.6 Å². The Hall–Kier alpha value is -2.44. The highest BCUT2D eigenvalue weighted by molar-refractivity contribution is 6.30. The molecule has 7 heteroatoms. The molecule has 1 heterocycles. The average molecular weight is 390 g/mol. The number of amides is 2. The fourth-order valence-corrected chi connectivity index (χ4v) is 3.09. The number of anilines is 1. The monoisotopic (exact) mass is 389 g/mol. The Kier molecular flexibility index (Phi) is 6.42. The van der Waals surface area contributed by atoms with Gasteiger partial charge in [-0.05, 0) is 48.5 Å². The van der Waals surface area contributed by atoms with E-state index in [4.69, 9.17) is 11.6 Å². The summed E-state index contributed by atoms with van der Waals surface area (Å²) in [7, 11) is 0. The quantitative estimate of drug-likeness (QED) is 0.853. The van der Waals surface area contributed by atoms with Crippen LogP contribution in [0.25, 0.3) is 0 Å². The molecule has 3 rings (SSSR count). The van der Waals surface area contributed by atoms with Crippen molar-refractivity contribution >= 4 is 29.1 Å². The number of carbonyl (C=O) groups is 2.